The van der Waals surface area contributed by atoms with Gasteiger partial charge in [-0.05, 0) is 37.3 Å². The molecule has 1 N–H and O–H groups in total. The Morgan fingerprint density at radius 3 is 2.58 bits per heavy atom. The molecule has 1 aliphatic rings. The van der Waals surface area contributed by atoms with Gasteiger partial charge in [-0.3, -0.25) is 15.0 Å². The molecule has 0 radical (unpaired) electrons. The standard InChI is InChI=1S/C20H12F3N5O3/c1-11-17(25-2)18(15-7-6-12(10-24)8-16(15)28(30)31)26-19(29)27(11)14-5-3-4-13(9-14)20(21,22)23/h3-9,18H,1H3,(H,26,29)/t18-/m1/s1. The van der Waals surface area contributed by atoms with Gasteiger partial charge in [-0.2, -0.15) is 18.4 Å². The lowest BCUT2D eigenvalue weighted by Gasteiger charge is -2.34. The first-order valence-corrected chi connectivity index (χ1v) is 8.63. The second-order valence-corrected chi connectivity index (χ2v) is 6.49. The molecule has 0 fully saturated rings. The summed E-state index contributed by atoms with van der Waals surface area (Å²) in [6, 6.07) is 7.35. The molecule has 11 heteroatoms. The fraction of sp³-hybridized carbons (Fsp3) is 0.150. The van der Waals surface area contributed by atoms with E-state index in [1.54, 1.807) is 6.07 Å². The number of carbonyl (C=O) groups is 1. The van der Waals surface area contributed by atoms with Crippen molar-refractivity contribution >= 4 is 17.4 Å². The maximum Gasteiger partial charge on any atom is 0.416 e. The average Bonchev–Trinajstić information content (AvgIpc) is 2.72. The van der Waals surface area contributed by atoms with Crippen LogP contribution in [-0.4, -0.2) is 11.0 Å². The topological polar surface area (TPSA) is 104 Å². The normalized spacial score (nSPS) is 16.4. The Balaban J connectivity index is 2.15. The Hall–Kier alpha value is -4.38. The van der Waals surface area contributed by atoms with Crippen LogP contribution in [0.5, 0.6) is 0 Å². The Kier molecular flexibility index (Phi) is 5.37. The summed E-state index contributed by atoms with van der Waals surface area (Å²) in [6.07, 6.45) is -4.63. The number of anilines is 1. The smallest absolute Gasteiger partial charge is 0.335 e. The predicted molar refractivity (Wildman–Crippen MR) is 102 cm³/mol. The third kappa shape index (κ3) is 3.89. The fourth-order valence-electron chi connectivity index (χ4n) is 3.25. The molecule has 156 valence electrons. The van der Waals surface area contributed by atoms with Crippen LogP contribution in [0.15, 0.2) is 53.9 Å². The summed E-state index contributed by atoms with van der Waals surface area (Å²) in [6.45, 7) is 8.88. The molecular weight excluding hydrogens is 415 g/mol. The number of nitriles is 1. The van der Waals surface area contributed by atoms with E-state index in [-0.39, 0.29) is 28.2 Å². The number of rotatable bonds is 3. The van der Waals surface area contributed by atoms with Gasteiger partial charge in [0.15, 0.2) is 0 Å². The van der Waals surface area contributed by atoms with Gasteiger partial charge in [0.2, 0.25) is 5.70 Å². The number of halogens is 3. The number of amides is 2. The largest absolute Gasteiger partial charge is 0.416 e. The molecule has 0 aromatic heterocycles. The van der Waals surface area contributed by atoms with Crippen LogP contribution in [0.4, 0.5) is 29.3 Å². The van der Waals surface area contributed by atoms with Crippen molar-refractivity contribution in [1.29, 1.82) is 5.26 Å². The number of benzene rings is 2. The third-order valence-corrected chi connectivity index (χ3v) is 4.67. The number of hydrogen-bond donors (Lipinski definition) is 1. The summed E-state index contributed by atoms with van der Waals surface area (Å²) < 4.78 is 39.2. The minimum Gasteiger partial charge on any atom is -0.335 e. The first-order chi connectivity index (χ1) is 14.6. The number of hydrogen-bond acceptors (Lipinski definition) is 4. The van der Waals surface area contributed by atoms with Crippen LogP contribution in [0.2, 0.25) is 0 Å². The van der Waals surface area contributed by atoms with Crippen molar-refractivity contribution in [3.8, 4) is 6.07 Å². The summed E-state index contributed by atoms with van der Waals surface area (Å²) in [7, 11) is 0. The highest BCUT2D eigenvalue weighted by atomic mass is 19.4. The van der Waals surface area contributed by atoms with Crippen LogP contribution in [-0.2, 0) is 6.18 Å². The zero-order valence-electron chi connectivity index (χ0n) is 15.8. The van der Waals surface area contributed by atoms with Crippen LogP contribution >= 0.6 is 0 Å². The Morgan fingerprint density at radius 1 is 1.29 bits per heavy atom. The number of urea groups is 1. The lowest BCUT2D eigenvalue weighted by atomic mass is 9.97. The molecule has 0 unspecified atom stereocenters. The highest BCUT2D eigenvalue weighted by Gasteiger charge is 2.38. The summed E-state index contributed by atoms with van der Waals surface area (Å²) in [5, 5.41) is 22.9. The van der Waals surface area contributed by atoms with E-state index in [2.05, 4.69) is 10.2 Å². The summed E-state index contributed by atoms with van der Waals surface area (Å²) in [5.74, 6) is 0. The van der Waals surface area contributed by atoms with E-state index in [0.717, 1.165) is 29.2 Å². The lowest BCUT2D eigenvalue weighted by Crippen LogP contribution is -2.46. The number of carbonyl (C=O) groups excluding carboxylic acids is 1. The summed E-state index contributed by atoms with van der Waals surface area (Å²) in [5.41, 5.74) is -1.63. The molecule has 1 heterocycles. The van der Waals surface area contributed by atoms with Crippen molar-refractivity contribution < 1.29 is 22.9 Å². The second kappa shape index (κ2) is 7.80. The van der Waals surface area contributed by atoms with E-state index in [1.807, 2.05) is 0 Å². The monoisotopic (exact) mass is 427 g/mol. The zero-order chi connectivity index (χ0) is 22.9. The number of nitro groups is 1. The molecule has 2 amide bonds. The number of nitro benzene ring substituents is 1. The molecule has 0 bridgehead atoms. The van der Waals surface area contributed by atoms with Crippen LogP contribution in [0, 0.1) is 28.0 Å². The molecule has 1 aliphatic heterocycles. The molecule has 31 heavy (non-hydrogen) atoms. The summed E-state index contributed by atoms with van der Waals surface area (Å²) >= 11 is 0. The van der Waals surface area contributed by atoms with Crippen molar-refractivity contribution in [2.75, 3.05) is 4.90 Å². The number of nitrogens with one attached hydrogen (secondary N) is 1. The summed E-state index contributed by atoms with van der Waals surface area (Å²) in [4.78, 5) is 27.8. The third-order valence-electron chi connectivity index (χ3n) is 4.67. The number of alkyl halides is 3. The number of nitrogens with zero attached hydrogens (tertiary/aromatic N) is 4. The highest BCUT2D eigenvalue weighted by Crippen LogP contribution is 2.39. The quantitative estimate of drug-likeness (QED) is 0.427. The van der Waals surface area contributed by atoms with Crippen LogP contribution in [0.3, 0.4) is 0 Å². The Morgan fingerprint density at radius 2 is 2.00 bits per heavy atom. The highest BCUT2D eigenvalue weighted by molar-refractivity contribution is 5.97. The van der Waals surface area contributed by atoms with Gasteiger partial charge < -0.3 is 5.32 Å². The van der Waals surface area contributed by atoms with E-state index in [0.29, 0.717) is 0 Å². The molecule has 8 nitrogen and oxygen atoms in total. The lowest BCUT2D eigenvalue weighted by molar-refractivity contribution is -0.385. The second-order valence-electron chi connectivity index (χ2n) is 6.49. The van der Waals surface area contributed by atoms with Crippen molar-refractivity contribution in [3.63, 3.8) is 0 Å². The van der Waals surface area contributed by atoms with Crippen molar-refractivity contribution in [2.24, 2.45) is 0 Å². The molecule has 0 saturated carbocycles. The van der Waals surface area contributed by atoms with Crippen LogP contribution in [0.1, 0.15) is 29.7 Å². The Labute approximate surface area is 173 Å². The molecule has 0 spiro atoms. The first-order valence-electron chi connectivity index (χ1n) is 8.63. The predicted octanol–water partition coefficient (Wildman–Crippen LogP) is 4.91. The minimum atomic E-state index is -4.63. The van der Waals surface area contributed by atoms with Crippen molar-refractivity contribution in [2.45, 2.75) is 19.1 Å². The van der Waals surface area contributed by atoms with Gasteiger partial charge in [-0.15, -0.1) is 0 Å². The van der Waals surface area contributed by atoms with Crippen molar-refractivity contribution in [1.82, 2.24) is 5.32 Å². The van der Waals surface area contributed by atoms with Crippen molar-refractivity contribution in [3.05, 3.63) is 92.1 Å². The van der Waals surface area contributed by atoms with Gasteiger partial charge in [0.25, 0.3) is 5.69 Å². The Bertz CT molecular complexity index is 1210. The molecule has 3 rings (SSSR count). The maximum atomic E-state index is 13.1. The average molecular weight is 427 g/mol. The molecule has 2 aromatic rings. The molecular formula is C20H12F3N5O3. The zero-order valence-corrected chi connectivity index (χ0v) is 15.8. The van der Waals surface area contributed by atoms with E-state index in [4.69, 9.17) is 11.8 Å². The van der Waals surface area contributed by atoms with Gasteiger partial charge in [-0.25, -0.2) is 9.64 Å². The van der Waals surface area contributed by atoms with E-state index in [9.17, 15) is 28.1 Å². The van der Waals surface area contributed by atoms with Crippen LogP contribution < -0.4 is 10.2 Å². The van der Waals surface area contributed by atoms with E-state index >= 15 is 0 Å². The number of allylic oxidation sites excluding steroid dienone is 1. The molecule has 2 aromatic carbocycles. The molecule has 0 saturated heterocycles. The van der Waals surface area contributed by atoms with Crippen LogP contribution in [0.25, 0.3) is 4.85 Å². The van der Waals surface area contributed by atoms with Gasteiger partial charge >= 0.3 is 12.2 Å². The van der Waals surface area contributed by atoms with E-state index < -0.39 is 34.4 Å². The van der Waals surface area contributed by atoms with Gasteiger partial charge in [-0.1, -0.05) is 6.07 Å². The van der Waals surface area contributed by atoms with Gasteiger partial charge in [0, 0.05) is 23.0 Å². The van der Waals surface area contributed by atoms with Gasteiger partial charge in [0.05, 0.1) is 34.7 Å². The molecule has 0 aliphatic carbocycles. The fourth-order valence-corrected chi connectivity index (χ4v) is 3.25. The maximum absolute atomic E-state index is 13.1. The van der Waals surface area contributed by atoms with E-state index in [1.165, 1.54) is 25.1 Å². The molecule has 1 atom stereocenters. The SMILES string of the molecule is [C-]#[N+]C1=C(C)N(c2cccc(C(F)(F)F)c2)C(=O)N[C@@H]1c1ccc(C#N)cc1[N+](=O)[O-]. The minimum absolute atomic E-state index is 0.0215. The van der Waals surface area contributed by atoms with Gasteiger partial charge in [0.1, 0.15) is 0 Å². The first kappa shape index (κ1) is 21.3.